The van der Waals surface area contributed by atoms with E-state index < -0.39 is 9.84 Å². The quantitative estimate of drug-likeness (QED) is 0.675. The fourth-order valence-electron chi connectivity index (χ4n) is 5.86. The Labute approximate surface area is 201 Å². The number of ether oxygens (including phenoxy) is 1. The minimum absolute atomic E-state index is 0.0541. The second kappa shape index (κ2) is 9.70. The third-order valence-corrected chi connectivity index (χ3v) is 9.41. The summed E-state index contributed by atoms with van der Waals surface area (Å²) in [5.74, 6) is 1.22. The van der Waals surface area contributed by atoms with Gasteiger partial charge in [0.15, 0.2) is 15.5 Å². The van der Waals surface area contributed by atoms with Gasteiger partial charge in [-0.1, -0.05) is 6.42 Å². The molecule has 1 amide bonds. The van der Waals surface area contributed by atoms with Crippen molar-refractivity contribution in [2.24, 2.45) is 5.92 Å². The van der Waals surface area contributed by atoms with Crippen LogP contribution in [0, 0.1) is 5.92 Å². The van der Waals surface area contributed by atoms with Crippen molar-refractivity contribution in [2.45, 2.75) is 50.6 Å². The fraction of sp³-hybridized carbons (Fsp3) is 0.600. The number of benzene rings is 1. The van der Waals surface area contributed by atoms with E-state index in [1.807, 2.05) is 24.3 Å². The van der Waals surface area contributed by atoms with E-state index in [2.05, 4.69) is 15.3 Å². The minimum atomic E-state index is -3.09. The van der Waals surface area contributed by atoms with E-state index in [4.69, 9.17) is 4.74 Å². The standard InChI is InChI=1S/C25H34N4O4S/c1-33-21-9-7-18(8-10-21)24-15-22(27-29(24)20-11-14-34(31,32)17-20)25(30)26-16-19-5-4-13-28-12-3-2-6-23(19)28/h7-10,15,19-20,23H,2-6,11-14,16-17H2,1H3,(H,26,30)/t19-,20-,23-/m1/s1. The molecule has 5 rings (SSSR count). The van der Waals surface area contributed by atoms with Crippen molar-refractivity contribution in [1.29, 1.82) is 0 Å². The number of rotatable bonds is 6. The molecule has 1 N–H and O–H groups in total. The van der Waals surface area contributed by atoms with Crippen LogP contribution >= 0.6 is 0 Å². The molecule has 3 aliphatic rings. The van der Waals surface area contributed by atoms with E-state index in [9.17, 15) is 13.2 Å². The zero-order valence-corrected chi connectivity index (χ0v) is 20.6. The summed E-state index contributed by atoms with van der Waals surface area (Å²) in [7, 11) is -1.47. The smallest absolute Gasteiger partial charge is 0.271 e. The fourth-order valence-corrected chi connectivity index (χ4v) is 7.55. The first-order valence-electron chi connectivity index (χ1n) is 12.4. The van der Waals surface area contributed by atoms with Gasteiger partial charge < -0.3 is 15.0 Å². The second-order valence-electron chi connectivity index (χ2n) is 9.86. The van der Waals surface area contributed by atoms with Crippen molar-refractivity contribution in [3.05, 3.63) is 36.0 Å². The number of carbonyl (C=O) groups is 1. The average Bonchev–Trinajstić information content (AvgIpc) is 3.46. The molecule has 184 valence electrons. The van der Waals surface area contributed by atoms with Crippen molar-refractivity contribution in [3.8, 4) is 17.0 Å². The number of aromatic nitrogens is 2. The van der Waals surface area contributed by atoms with Crippen LogP contribution in [-0.4, -0.2) is 73.3 Å². The molecule has 3 aliphatic heterocycles. The molecule has 0 aliphatic carbocycles. The molecule has 0 bridgehead atoms. The van der Waals surface area contributed by atoms with E-state index >= 15 is 0 Å². The van der Waals surface area contributed by atoms with E-state index in [1.165, 1.54) is 38.8 Å². The number of amides is 1. The van der Waals surface area contributed by atoms with Crippen LogP contribution in [0.25, 0.3) is 11.3 Å². The Kier molecular flexibility index (Phi) is 6.66. The number of sulfone groups is 1. The number of piperidine rings is 2. The van der Waals surface area contributed by atoms with Crippen molar-refractivity contribution in [3.63, 3.8) is 0 Å². The summed E-state index contributed by atoms with van der Waals surface area (Å²) in [5.41, 5.74) is 1.97. The van der Waals surface area contributed by atoms with Gasteiger partial charge in [0.2, 0.25) is 0 Å². The van der Waals surface area contributed by atoms with E-state index in [0.29, 0.717) is 30.6 Å². The van der Waals surface area contributed by atoms with Gasteiger partial charge in [-0.05, 0) is 81.4 Å². The SMILES string of the molecule is COc1ccc(-c2cc(C(=O)NC[C@H]3CCCN4CCCC[C@H]34)nn2[C@@H]2CCS(=O)(=O)C2)cc1. The molecule has 3 atom stereocenters. The Hall–Kier alpha value is -2.39. The Morgan fingerprint density at radius 3 is 2.65 bits per heavy atom. The summed E-state index contributed by atoms with van der Waals surface area (Å²) in [6.45, 7) is 3.01. The molecule has 0 radical (unpaired) electrons. The van der Waals surface area contributed by atoms with Gasteiger partial charge in [-0.3, -0.25) is 9.48 Å². The largest absolute Gasteiger partial charge is 0.497 e. The van der Waals surface area contributed by atoms with Crippen LogP contribution in [-0.2, 0) is 9.84 Å². The Bertz CT molecular complexity index is 1130. The normalized spacial score (nSPS) is 26.7. The summed E-state index contributed by atoms with van der Waals surface area (Å²) in [4.78, 5) is 15.7. The average molecular weight is 487 g/mol. The van der Waals surface area contributed by atoms with Gasteiger partial charge in [0, 0.05) is 18.2 Å². The number of hydrogen-bond acceptors (Lipinski definition) is 6. The summed E-state index contributed by atoms with van der Waals surface area (Å²) in [6, 6.07) is 9.63. The number of fused-ring (bicyclic) bond motifs is 1. The maximum absolute atomic E-state index is 13.1. The van der Waals surface area contributed by atoms with Crippen molar-refractivity contribution in [2.75, 3.05) is 38.2 Å². The van der Waals surface area contributed by atoms with E-state index in [-0.39, 0.29) is 23.5 Å². The molecule has 3 fully saturated rings. The maximum Gasteiger partial charge on any atom is 0.271 e. The third kappa shape index (κ3) is 4.86. The number of hydrogen-bond donors (Lipinski definition) is 1. The van der Waals surface area contributed by atoms with Crippen LogP contribution in [0.4, 0.5) is 0 Å². The Balaban J connectivity index is 1.36. The lowest BCUT2D eigenvalue weighted by Crippen LogP contribution is -2.51. The van der Waals surface area contributed by atoms with Crippen LogP contribution in [0.5, 0.6) is 5.75 Å². The second-order valence-corrected chi connectivity index (χ2v) is 12.1. The highest BCUT2D eigenvalue weighted by molar-refractivity contribution is 7.91. The topological polar surface area (TPSA) is 93.5 Å². The molecule has 4 heterocycles. The lowest BCUT2D eigenvalue weighted by molar-refractivity contribution is 0.0575. The van der Waals surface area contributed by atoms with Crippen LogP contribution in [0.3, 0.4) is 0 Å². The molecule has 0 spiro atoms. The molecule has 34 heavy (non-hydrogen) atoms. The molecular weight excluding hydrogens is 452 g/mol. The van der Waals surface area contributed by atoms with Gasteiger partial charge in [0.05, 0.1) is 30.4 Å². The van der Waals surface area contributed by atoms with Gasteiger partial charge in [-0.15, -0.1) is 0 Å². The van der Waals surface area contributed by atoms with Crippen molar-refractivity contribution < 1.29 is 17.9 Å². The minimum Gasteiger partial charge on any atom is -0.497 e. The third-order valence-electron chi connectivity index (χ3n) is 7.66. The van der Waals surface area contributed by atoms with Crippen LogP contribution in [0.1, 0.15) is 55.1 Å². The molecule has 0 saturated carbocycles. The molecule has 3 saturated heterocycles. The molecule has 2 aromatic rings. The van der Waals surface area contributed by atoms with Crippen LogP contribution in [0.2, 0.25) is 0 Å². The highest BCUT2D eigenvalue weighted by Gasteiger charge is 2.34. The van der Waals surface area contributed by atoms with Crippen molar-refractivity contribution >= 4 is 15.7 Å². The molecule has 1 aromatic heterocycles. The lowest BCUT2D eigenvalue weighted by atomic mass is 9.83. The number of nitrogens with one attached hydrogen (secondary N) is 1. The predicted molar refractivity (Wildman–Crippen MR) is 131 cm³/mol. The molecule has 9 heteroatoms. The first kappa shape index (κ1) is 23.4. The van der Waals surface area contributed by atoms with Gasteiger partial charge in [-0.25, -0.2) is 8.42 Å². The van der Waals surface area contributed by atoms with Crippen molar-refractivity contribution in [1.82, 2.24) is 20.0 Å². The highest BCUT2D eigenvalue weighted by atomic mass is 32.2. The molecule has 8 nitrogen and oxygen atoms in total. The first-order chi connectivity index (χ1) is 16.4. The zero-order valence-electron chi connectivity index (χ0n) is 19.8. The first-order valence-corrected chi connectivity index (χ1v) is 14.2. The summed E-state index contributed by atoms with van der Waals surface area (Å²) in [5, 5.41) is 7.76. The lowest BCUT2D eigenvalue weighted by Gasteiger charge is -2.44. The predicted octanol–water partition coefficient (Wildman–Crippen LogP) is 2.91. The van der Waals surface area contributed by atoms with Gasteiger partial charge in [0.1, 0.15) is 5.75 Å². The zero-order chi connectivity index (χ0) is 23.7. The van der Waals surface area contributed by atoms with Crippen LogP contribution < -0.4 is 10.1 Å². The highest BCUT2D eigenvalue weighted by Crippen LogP contribution is 2.32. The summed E-state index contributed by atoms with van der Waals surface area (Å²) >= 11 is 0. The maximum atomic E-state index is 13.1. The Morgan fingerprint density at radius 1 is 1.12 bits per heavy atom. The molecular formula is C25H34N4O4S. The number of methoxy groups -OCH3 is 1. The molecule has 0 unspecified atom stereocenters. The number of carbonyl (C=O) groups excluding carboxylic acids is 1. The monoisotopic (exact) mass is 486 g/mol. The Morgan fingerprint density at radius 2 is 1.91 bits per heavy atom. The number of nitrogens with zero attached hydrogens (tertiary/aromatic N) is 3. The van der Waals surface area contributed by atoms with E-state index in [1.54, 1.807) is 17.9 Å². The van der Waals surface area contributed by atoms with Gasteiger partial charge in [-0.2, -0.15) is 5.10 Å². The summed E-state index contributed by atoms with van der Waals surface area (Å²) < 4.78 is 31.3. The van der Waals surface area contributed by atoms with E-state index in [0.717, 1.165) is 23.4 Å². The van der Waals surface area contributed by atoms with Crippen LogP contribution in [0.15, 0.2) is 30.3 Å². The molecule has 1 aromatic carbocycles. The van der Waals surface area contributed by atoms with Gasteiger partial charge >= 0.3 is 0 Å². The summed E-state index contributed by atoms with van der Waals surface area (Å²) in [6.07, 6.45) is 6.60. The van der Waals surface area contributed by atoms with Gasteiger partial charge in [0.25, 0.3) is 5.91 Å².